The molecule has 5 amide bonds. The van der Waals surface area contributed by atoms with E-state index in [2.05, 4.69) is 20.4 Å². The van der Waals surface area contributed by atoms with Crippen LogP contribution in [0.4, 0.5) is 15.8 Å². The second-order valence-electron chi connectivity index (χ2n) is 15.2. The molecule has 1 aliphatic carbocycles. The van der Waals surface area contributed by atoms with Gasteiger partial charge < -0.3 is 15.0 Å². The monoisotopic (exact) mass is 766 g/mol. The number of hydrogen-bond acceptors (Lipinski definition) is 8. The number of hydrogen-bond donors (Lipinski definition) is 2. The minimum Gasteiger partial charge on any atom is -0.490 e. The summed E-state index contributed by atoms with van der Waals surface area (Å²) in [5.74, 6) is -1.64. The normalized spacial score (nSPS) is 23.5. The number of anilines is 1. The number of rotatable bonds is 8. The number of amides is 5. The molecule has 0 spiro atoms. The topological polar surface area (TPSA) is 133 Å². The number of fused-ring (bicyclic) bond motifs is 2. The molecule has 284 valence electrons. The van der Waals surface area contributed by atoms with E-state index in [1.54, 1.807) is 30.3 Å². The van der Waals surface area contributed by atoms with E-state index in [4.69, 9.17) is 22.9 Å². The summed E-state index contributed by atoms with van der Waals surface area (Å²) in [5.41, 5.74) is 2.70. The van der Waals surface area contributed by atoms with Gasteiger partial charge in [-0.15, -0.1) is 0 Å². The largest absolute Gasteiger partial charge is 0.490 e. The predicted molar refractivity (Wildman–Crippen MR) is 201 cm³/mol. The van der Waals surface area contributed by atoms with Crippen LogP contribution in [0.1, 0.15) is 93.6 Å². The van der Waals surface area contributed by atoms with Crippen LogP contribution in [0.15, 0.2) is 54.6 Å². The molecule has 14 heteroatoms. The van der Waals surface area contributed by atoms with Gasteiger partial charge in [-0.05, 0) is 91.8 Å². The molecule has 3 aromatic carbocycles. The Kier molecular flexibility index (Phi) is 9.81. The summed E-state index contributed by atoms with van der Waals surface area (Å²) in [6, 6.07) is 15.0. The summed E-state index contributed by atoms with van der Waals surface area (Å²) in [4.78, 5) is 72.1. The summed E-state index contributed by atoms with van der Waals surface area (Å²) >= 11 is 6.15. The Bertz CT molecular complexity index is 2080. The molecule has 3 aromatic rings. The minimum atomic E-state index is -1.41. The molecule has 5 aliphatic rings. The molecule has 0 aromatic heterocycles. The zero-order valence-corrected chi connectivity index (χ0v) is 30.9. The van der Waals surface area contributed by atoms with Crippen molar-refractivity contribution in [1.82, 2.24) is 20.4 Å². The highest BCUT2D eigenvalue weighted by Gasteiger charge is 2.46. The number of benzene rings is 3. The molecule has 4 aliphatic heterocycles. The van der Waals surface area contributed by atoms with Gasteiger partial charge in [0.1, 0.15) is 17.5 Å². The Labute approximate surface area is 322 Å². The van der Waals surface area contributed by atoms with E-state index in [-0.39, 0.29) is 48.6 Å². The third kappa shape index (κ3) is 7.41. The number of imide groups is 2. The molecule has 2 saturated heterocycles. The van der Waals surface area contributed by atoms with Crippen molar-refractivity contribution in [3.05, 3.63) is 98.9 Å². The van der Waals surface area contributed by atoms with Gasteiger partial charge in [0.15, 0.2) is 0 Å². The van der Waals surface area contributed by atoms with E-state index in [0.717, 1.165) is 47.4 Å². The first-order valence-electron chi connectivity index (χ1n) is 18.7. The molecule has 0 bridgehead atoms. The molecule has 0 radical (unpaired) electrons. The molecule has 12 nitrogen and oxygen atoms in total. The quantitative estimate of drug-likeness (QED) is 0.219. The third-order valence-electron chi connectivity index (χ3n) is 11.6. The summed E-state index contributed by atoms with van der Waals surface area (Å²) in [6.07, 6.45) is 4.01. The van der Waals surface area contributed by atoms with Crippen molar-refractivity contribution < 1.29 is 33.1 Å². The molecular formula is C41H40ClFN6O6. The van der Waals surface area contributed by atoms with E-state index in [9.17, 15) is 24.0 Å². The van der Waals surface area contributed by atoms with Gasteiger partial charge in [-0.3, -0.25) is 39.1 Å². The maximum Gasteiger partial charge on any atom is 0.262 e. The summed E-state index contributed by atoms with van der Waals surface area (Å²) in [6.45, 7) is 9.32. The number of piperidine rings is 2. The fraction of sp³-hybridized carbons (Fsp3) is 0.415. The Hall–Kier alpha value is -5.32. The van der Waals surface area contributed by atoms with E-state index >= 15 is 4.39 Å². The van der Waals surface area contributed by atoms with Gasteiger partial charge >= 0.3 is 0 Å². The SMILES string of the molecule is [C-]#[N+]c1ccc(OC2CCC(NC(=O)c3ccc(N4CCC(F)(CN5Cc6cc7c(cc6C5)C(=O)N(C5CCC(=O)NC5=O)C7=O)CC4)cc3)CC2)cc1Cl. The highest BCUT2D eigenvalue weighted by molar-refractivity contribution is 6.33. The number of ether oxygens (including phenoxy) is 1. The standard InChI is InChI=1S/C41H40ClFN6O6/c1-44-34-11-10-30(20-33(34)42)55-29-8-4-27(5-9-29)45-37(51)24-2-6-28(7-3-24)48-16-14-41(43,15-17-48)23-47-21-25-18-31-32(19-26(25)22-47)40(54)49(39(31)53)35-12-13-36(50)46-38(35)52/h2-3,6-7,10-11,18-20,27,29,35H,4-5,8-9,12-17,21-23H2,(H,45,51)(H,46,50,52). The van der Waals surface area contributed by atoms with Crippen LogP contribution in [0.25, 0.3) is 4.85 Å². The molecule has 3 fully saturated rings. The van der Waals surface area contributed by atoms with E-state index in [1.807, 2.05) is 29.2 Å². The lowest BCUT2D eigenvalue weighted by Gasteiger charge is -2.39. The van der Waals surface area contributed by atoms with Gasteiger partial charge in [0, 0.05) is 69.3 Å². The van der Waals surface area contributed by atoms with Crippen LogP contribution in [-0.2, 0) is 22.7 Å². The smallest absolute Gasteiger partial charge is 0.262 e. The average Bonchev–Trinajstić information content (AvgIpc) is 3.67. The lowest BCUT2D eigenvalue weighted by atomic mass is 9.92. The maximum atomic E-state index is 16.3. The average molecular weight is 767 g/mol. The Morgan fingerprint density at radius 2 is 1.58 bits per heavy atom. The van der Waals surface area contributed by atoms with Crippen LogP contribution in [0.3, 0.4) is 0 Å². The second kappa shape index (κ2) is 14.7. The highest BCUT2D eigenvalue weighted by atomic mass is 35.5. The van der Waals surface area contributed by atoms with E-state index in [1.165, 1.54) is 0 Å². The number of nitrogens with one attached hydrogen (secondary N) is 2. The molecular weight excluding hydrogens is 727 g/mol. The van der Waals surface area contributed by atoms with Gasteiger partial charge in [0.2, 0.25) is 17.5 Å². The maximum absolute atomic E-state index is 16.3. The van der Waals surface area contributed by atoms with Crippen LogP contribution in [0.2, 0.25) is 5.02 Å². The van der Waals surface area contributed by atoms with Gasteiger partial charge in [0.05, 0.1) is 28.8 Å². The van der Waals surface area contributed by atoms with Gasteiger partial charge in [-0.25, -0.2) is 9.24 Å². The molecule has 4 heterocycles. The summed E-state index contributed by atoms with van der Waals surface area (Å²) < 4.78 is 22.3. The Morgan fingerprint density at radius 3 is 2.18 bits per heavy atom. The number of carbonyl (C=O) groups excluding carboxylic acids is 5. The van der Waals surface area contributed by atoms with Crippen LogP contribution >= 0.6 is 11.6 Å². The number of alkyl halides is 1. The van der Waals surface area contributed by atoms with Crippen molar-refractivity contribution in [2.45, 2.75) is 88.3 Å². The van der Waals surface area contributed by atoms with Crippen LogP contribution in [-0.4, -0.2) is 82.8 Å². The number of carbonyl (C=O) groups is 5. The van der Waals surface area contributed by atoms with Gasteiger partial charge in [-0.1, -0.05) is 17.7 Å². The van der Waals surface area contributed by atoms with Crippen molar-refractivity contribution >= 4 is 52.5 Å². The Morgan fingerprint density at radius 1 is 0.927 bits per heavy atom. The molecule has 1 unspecified atom stereocenters. The summed E-state index contributed by atoms with van der Waals surface area (Å²) in [7, 11) is 0. The predicted octanol–water partition coefficient (Wildman–Crippen LogP) is 5.74. The highest BCUT2D eigenvalue weighted by Crippen LogP contribution is 2.37. The second-order valence-corrected chi connectivity index (χ2v) is 15.6. The lowest BCUT2D eigenvalue weighted by molar-refractivity contribution is -0.136. The number of halogens is 2. The zero-order chi connectivity index (χ0) is 38.4. The van der Waals surface area contributed by atoms with Crippen molar-refractivity contribution in [2.75, 3.05) is 24.5 Å². The minimum absolute atomic E-state index is 0.0166. The van der Waals surface area contributed by atoms with E-state index < -0.39 is 35.3 Å². The molecule has 2 N–H and O–H groups in total. The third-order valence-corrected chi connectivity index (χ3v) is 11.9. The van der Waals surface area contributed by atoms with Crippen LogP contribution in [0, 0.1) is 6.57 Å². The number of nitrogens with zero attached hydrogens (tertiary/aromatic N) is 4. The van der Waals surface area contributed by atoms with Crippen molar-refractivity contribution in [1.29, 1.82) is 0 Å². The zero-order valence-electron chi connectivity index (χ0n) is 30.1. The first-order chi connectivity index (χ1) is 26.5. The van der Waals surface area contributed by atoms with Crippen molar-refractivity contribution in [3.63, 3.8) is 0 Å². The van der Waals surface area contributed by atoms with Gasteiger partial charge in [0.25, 0.3) is 17.7 Å². The van der Waals surface area contributed by atoms with Crippen molar-refractivity contribution in [3.8, 4) is 5.75 Å². The molecule has 8 rings (SSSR count). The Balaban J connectivity index is 0.797. The molecule has 1 atom stereocenters. The van der Waals surface area contributed by atoms with Crippen molar-refractivity contribution in [2.24, 2.45) is 0 Å². The van der Waals surface area contributed by atoms with E-state index in [0.29, 0.717) is 61.0 Å². The molecule has 1 saturated carbocycles. The van der Waals surface area contributed by atoms with Gasteiger partial charge in [-0.2, -0.15) is 0 Å². The fourth-order valence-electron chi connectivity index (χ4n) is 8.54. The lowest BCUT2D eigenvalue weighted by Crippen LogP contribution is -2.54. The first kappa shape index (κ1) is 36.6. The molecule has 55 heavy (non-hydrogen) atoms. The fourth-order valence-corrected chi connectivity index (χ4v) is 8.75. The van der Waals surface area contributed by atoms with Crippen LogP contribution < -0.4 is 20.3 Å². The first-order valence-corrected chi connectivity index (χ1v) is 19.1. The summed E-state index contributed by atoms with van der Waals surface area (Å²) in [5, 5.41) is 5.74. The van der Waals surface area contributed by atoms with Crippen LogP contribution in [0.5, 0.6) is 5.75 Å².